The molecule has 8 heteroatoms. The van der Waals surface area contributed by atoms with Crippen LogP contribution in [0, 0.1) is 5.82 Å². The first-order valence-electron chi connectivity index (χ1n) is 7.64. The lowest BCUT2D eigenvalue weighted by molar-refractivity contribution is 0.0695. The fourth-order valence-corrected chi connectivity index (χ4v) is 2.67. The summed E-state index contributed by atoms with van der Waals surface area (Å²) in [5.74, 6) is -3.25. The Balaban J connectivity index is 2.30. The fourth-order valence-electron chi connectivity index (χ4n) is 2.67. The molecule has 2 aromatic rings. The normalized spacial score (nSPS) is 15.5. The van der Waals surface area contributed by atoms with Gasteiger partial charge in [0.25, 0.3) is 0 Å². The molecule has 1 unspecified atom stereocenters. The number of nitrogens with two attached hydrogens (primary N) is 1. The third-order valence-electron chi connectivity index (χ3n) is 4.02. The van der Waals surface area contributed by atoms with Gasteiger partial charge in [-0.05, 0) is 25.8 Å². The molecule has 3 rings (SSSR count). The highest BCUT2D eigenvalue weighted by atomic mass is 19.1. The van der Waals surface area contributed by atoms with Gasteiger partial charge >= 0.3 is 5.97 Å². The predicted molar refractivity (Wildman–Crippen MR) is 87.2 cm³/mol. The Morgan fingerprint density at radius 2 is 2.21 bits per heavy atom. The number of anilines is 1. The minimum Gasteiger partial charge on any atom is -0.504 e. The summed E-state index contributed by atoms with van der Waals surface area (Å²) in [4.78, 5) is 23.6. The van der Waals surface area contributed by atoms with E-state index < -0.39 is 28.5 Å². The smallest absolute Gasteiger partial charge is 0.341 e. The van der Waals surface area contributed by atoms with Crippen LogP contribution < -0.4 is 16.5 Å². The van der Waals surface area contributed by atoms with Gasteiger partial charge in [0.1, 0.15) is 5.56 Å². The number of hydrogen-bond donors (Lipinski definition) is 4. The van der Waals surface area contributed by atoms with E-state index in [0.717, 1.165) is 12.8 Å². The van der Waals surface area contributed by atoms with Crippen LogP contribution in [0.25, 0.3) is 10.9 Å². The molecule has 0 amide bonds. The Bertz CT molecular complexity index is 887. The average Bonchev–Trinajstić information content (AvgIpc) is 3.33. The standard InChI is InChI=1S/C16H18FN3O4/c1-7(18)5-19-10-4-11-12(15(22)13(10)17)14(21)9(16(23)24)6-20(11)8-2-3-8/h4,6-8,19,22H,2-3,5,18H2,1H3,(H,23,24). The van der Waals surface area contributed by atoms with Gasteiger partial charge in [-0.3, -0.25) is 4.79 Å². The number of nitrogens with zero attached hydrogens (tertiary/aromatic N) is 1. The van der Waals surface area contributed by atoms with Gasteiger partial charge in [-0.15, -0.1) is 0 Å². The lowest BCUT2D eigenvalue weighted by atomic mass is 10.1. The molecule has 5 N–H and O–H groups in total. The van der Waals surface area contributed by atoms with Gasteiger partial charge in [0.2, 0.25) is 5.43 Å². The monoisotopic (exact) mass is 335 g/mol. The SMILES string of the molecule is CC(N)CNc1cc2c(c(O)c1F)c(=O)c(C(=O)O)cn2C1CC1. The van der Waals surface area contributed by atoms with Crippen LogP contribution in [0.15, 0.2) is 17.1 Å². The number of aromatic carboxylic acids is 1. The lowest BCUT2D eigenvalue weighted by Crippen LogP contribution is -2.25. The number of benzene rings is 1. The van der Waals surface area contributed by atoms with Crippen molar-refractivity contribution in [2.24, 2.45) is 5.73 Å². The van der Waals surface area contributed by atoms with Gasteiger partial charge in [-0.1, -0.05) is 0 Å². The number of phenolic OH excluding ortho intramolecular Hbond substituents is 1. The summed E-state index contributed by atoms with van der Waals surface area (Å²) >= 11 is 0. The summed E-state index contributed by atoms with van der Waals surface area (Å²) in [6.45, 7) is 2.02. The number of pyridine rings is 1. The van der Waals surface area contributed by atoms with Gasteiger partial charge < -0.3 is 25.8 Å². The van der Waals surface area contributed by atoms with Crippen molar-refractivity contribution < 1.29 is 19.4 Å². The molecule has 0 radical (unpaired) electrons. The highest BCUT2D eigenvalue weighted by molar-refractivity contribution is 5.96. The summed E-state index contributed by atoms with van der Waals surface area (Å²) in [7, 11) is 0. The maximum atomic E-state index is 14.4. The molecule has 1 aromatic carbocycles. The summed E-state index contributed by atoms with van der Waals surface area (Å²) in [6.07, 6.45) is 2.92. The minimum atomic E-state index is -1.41. The van der Waals surface area contributed by atoms with Crippen molar-refractivity contribution in [3.05, 3.63) is 33.9 Å². The van der Waals surface area contributed by atoms with Crippen molar-refractivity contribution in [1.82, 2.24) is 4.57 Å². The molecule has 1 atom stereocenters. The van der Waals surface area contributed by atoms with Crippen LogP contribution in [-0.2, 0) is 0 Å². The Morgan fingerprint density at radius 3 is 2.75 bits per heavy atom. The number of phenols is 1. The maximum absolute atomic E-state index is 14.4. The molecule has 0 aliphatic heterocycles. The van der Waals surface area contributed by atoms with E-state index in [-0.39, 0.29) is 29.7 Å². The number of nitrogens with one attached hydrogen (secondary N) is 1. The van der Waals surface area contributed by atoms with E-state index >= 15 is 0 Å². The van der Waals surface area contributed by atoms with E-state index in [0.29, 0.717) is 5.52 Å². The number of carboxylic acid groups (broad SMARTS) is 1. The van der Waals surface area contributed by atoms with Crippen LogP contribution in [0.1, 0.15) is 36.2 Å². The second kappa shape index (κ2) is 5.79. The van der Waals surface area contributed by atoms with E-state index in [4.69, 9.17) is 5.73 Å². The first kappa shape index (κ1) is 16.3. The number of fused-ring (bicyclic) bond motifs is 1. The van der Waals surface area contributed by atoms with Crippen LogP contribution in [-0.4, -0.2) is 33.3 Å². The van der Waals surface area contributed by atoms with Crippen LogP contribution in [0.5, 0.6) is 5.75 Å². The van der Waals surface area contributed by atoms with Gasteiger partial charge in [0.15, 0.2) is 11.6 Å². The molecule has 0 spiro atoms. The minimum absolute atomic E-state index is 0.0224. The second-order valence-electron chi connectivity index (χ2n) is 6.15. The molecular weight excluding hydrogens is 317 g/mol. The van der Waals surface area contributed by atoms with Crippen molar-refractivity contribution in [3.63, 3.8) is 0 Å². The Kier molecular flexibility index (Phi) is 3.92. The van der Waals surface area contributed by atoms with Crippen LogP contribution in [0.4, 0.5) is 10.1 Å². The molecule has 7 nitrogen and oxygen atoms in total. The van der Waals surface area contributed by atoms with Crippen molar-refractivity contribution in [1.29, 1.82) is 0 Å². The number of carbonyl (C=O) groups is 1. The number of rotatable bonds is 5. The van der Waals surface area contributed by atoms with Crippen molar-refractivity contribution in [3.8, 4) is 5.75 Å². The van der Waals surface area contributed by atoms with Gasteiger partial charge in [-0.2, -0.15) is 0 Å². The zero-order valence-electron chi connectivity index (χ0n) is 13.0. The Hall–Kier alpha value is -2.61. The maximum Gasteiger partial charge on any atom is 0.341 e. The largest absolute Gasteiger partial charge is 0.504 e. The van der Waals surface area contributed by atoms with Crippen molar-refractivity contribution >= 4 is 22.6 Å². The third-order valence-corrected chi connectivity index (χ3v) is 4.02. The van der Waals surface area contributed by atoms with E-state index in [9.17, 15) is 24.2 Å². The molecular formula is C16H18FN3O4. The van der Waals surface area contributed by atoms with Crippen LogP contribution in [0.2, 0.25) is 0 Å². The zero-order valence-corrected chi connectivity index (χ0v) is 13.0. The number of hydrogen-bond acceptors (Lipinski definition) is 5. The summed E-state index contributed by atoms with van der Waals surface area (Å²) in [5.41, 5.74) is 4.58. The molecule has 1 fully saturated rings. The fraction of sp³-hybridized carbons (Fsp3) is 0.375. The Labute approximate surface area is 136 Å². The molecule has 1 aliphatic carbocycles. The number of carboxylic acids is 1. The second-order valence-corrected chi connectivity index (χ2v) is 6.15. The highest BCUT2D eigenvalue weighted by Gasteiger charge is 2.29. The Morgan fingerprint density at radius 1 is 1.54 bits per heavy atom. The molecule has 1 aromatic heterocycles. The zero-order chi connectivity index (χ0) is 17.6. The van der Waals surface area contributed by atoms with E-state index in [1.165, 1.54) is 12.3 Å². The number of aromatic nitrogens is 1. The first-order valence-corrected chi connectivity index (χ1v) is 7.64. The molecule has 24 heavy (non-hydrogen) atoms. The van der Waals surface area contributed by atoms with E-state index in [2.05, 4.69) is 5.32 Å². The number of halogens is 1. The van der Waals surface area contributed by atoms with Crippen molar-refractivity contribution in [2.75, 3.05) is 11.9 Å². The molecule has 0 saturated heterocycles. The quantitative estimate of drug-likeness (QED) is 0.660. The lowest BCUT2D eigenvalue weighted by Gasteiger charge is -2.16. The van der Waals surface area contributed by atoms with E-state index in [1.54, 1.807) is 11.5 Å². The molecule has 0 bridgehead atoms. The molecule has 1 heterocycles. The average molecular weight is 335 g/mol. The molecule has 128 valence electrons. The highest BCUT2D eigenvalue weighted by Crippen LogP contribution is 2.40. The molecule has 1 aliphatic rings. The summed E-state index contributed by atoms with van der Waals surface area (Å²) in [5, 5.41) is 21.8. The van der Waals surface area contributed by atoms with Gasteiger partial charge in [-0.25, -0.2) is 9.18 Å². The summed E-state index contributed by atoms with van der Waals surface area (Å²) < 4.78 is 16.0. The van der Waals surface area contributed by atoms with Crippen LogP contribution in [0.3, 0.4) is 0 Å². The van der Waals surface area contributed by atoms with Gasteiger partial charge in [0.05, 0.1) is 16.6 Å². The first-order chi connectivity index (χ1) is 11.3. The van der Waals surface area contributed by atoms with Crippen LogP contribution >= 0.6 is 0 Å². The van der Waals surface area contributed by atoms with Crippen molar-refractivity contribution in [2.45, 2.75) is 31.8 Å². The molecule has 1 saturated carbocycles. The topological polar surface area (TPSA) is 118 Å². The van der Waals surface area contributed by atoms with Gasteiger partial charge in [0, 0.05) is 24.8 Å². The van der Waals surface area contributed by atoms with E-state index in [1.807, 2.05) is 0 Å². The predicted octanol–water partition coefficient (Wildman–Crippen LogP) is 1.64. The third kappa shape index (κ3) is 2.69. The summed E-state index contributed by atoms with van der Waals surface area (Å²) in [6, 6.07) is 1.22. The number of aromatic hydroxyl groups is 1.